The van der Waals surface area contributed by atoms with E-state index < -0.39 is 0 Å². The molecule has 0 aliphatic heterocycles. The Balaban J connectivity index is 2.91. The van der Waals surface area contributed by atoms with Gasteiger partial charge in [0, 0.05) is 30.3 Å². The molecule has 0 unspecified atom stereocenters. The molecule has 0 bridgehead atoms. The van der Waals surface area contributed by atoms with Gasteiger partial charge in [-0.2, -0.15) is 0 Å². The molecule has 3 N–H and O–H groups in total. The predicted octanol–water partition coefficient (Wildman–Crippen LogP) is 1.29. The second-order valence-corrected chi connectivity index (χ2v) is 5.76. The van der Waals surface area contributed by atoms with E-state index in [1.54, 1.807) is 19.2 Å². The number of carbonyl (C=O) groups is 2. The zero-order chi connectivity index (χ0) is 16.0. The van der Waals surface area contributed by atoms with Crippen molar-refractivity contribution in [3.63, 3.8) is 0 Å². The van der Waals surface area contributed by atoms with Gasteiger partial charge in [0.2, 0.25) is 5.91 Å². The summed E-state index contributed by atoms with van der Waals surface area (Å²) in [6.07, 6.45) is 0. The lowest BCUT2D eigenvalue weighted by molar-refractivity contribution is -0.120. The van der Waals surface area contributed by atoms with Crippen molar-refractivity contribution in [1.82, 2.24) is 15.6 Å². The van der Waals surface area contributed by atoms with E-state index in [0.29, 0.717) is 17.9 Å². The molecule has 1 rings (SSSR count). The minimum absolute atomic E-state index is 0.0330. The van der Waals surface area contributed by atoms with Crippen LogP contribution in [0.5, 0.6) is 0 Å². The van der Waals surface area contributed by atoms with Gasteiger partial charge in [-0.3, -0.25) is 9.59 Å². The molecule has 0 aliphatic carbocycles. The van der Waals surface area contributed by atoms with Crippen LogP contribution in [0.3, 0.4) is 0 Å². The van der Waals surface area contributed by atoms with Gasteiger partial charge in [-0.05, 0) is 19.1 Å². The number of hydrogen-bond acceptors (Lipinski definition) is 4. The maximum atomic E-state index is 12.2. The molecular formula is C15H24N4O2. The van der Waals surface area contributed by atoms with E-state index in [-0.39, 0.29) is 23.8 Å². The molecule has 0 aliphatic rings. The Labute approximate surface area is 125 Å². The maximum Gasteiger partial charge on any atom is 0.251 e. The van der Waals surface area contributed by atoms with Gasteiger partial charge < -0.3 is 16.0 Å². The molecule has 6 heteroatoms. The Morgan fingerprint density at radius 2 is 1.86 bits per heavy atom. The van der Waals surface area contributed by atoms with E-state index in [0.717, 1.165) is 5.69 Å². The summed E-state index contributed by atoms with van der Waals surface area (Å²) in [6.45, 7) is 8.44. The third-order valence-corrected chi connectivity index (χ3v) is 2.90. The minimum atomic E-state index is -0.286. The summed E-state index contributed by atoms with van der Waals surface area (Å²) < 4.78 is 0. The number of carbonyl (C=O) groups excluding carboxylic acids is 2. The van der Waals surface area contributed by atoms with Crippen LogP contribution in [0, 0.1) is 0 Å². The van der Waals surface area contributed by atoms with Crippen LogP contribution in [-0.4, -0.2) is 36.9 Å². The quantitative estimate of drug-likeness (QED) is 0.763. The number of nitrogens with zero attached hydrogens (tertiary/aromatic N) is 1. The Bertz CT molecular complexity index is 521. The van der Waals surface area contributed by atoms with Crippen molar-refractivity contribution in [2.45, 2.75) is 33.1 Å². The van der Waals surface area contributed by atoms with Crippen molar-refractivity contribution >= 4 is 17.6 Å². The lowest BCUT2D eigenvalue weighted by Crippen LogP contribution is -2.36. The number of nitrogens with one attached hydrogen (secondary N) is 3. The van der Waals surface area contributed by atoms with Crippen molar-refractivity contribution in [3.05, 3.63) is 23.4 Å². The van der Waals surface area contributed by atoms with Gasteiger partial charge in [-0.1, -0.05) is 20.8 Å². The molecule has 1 heterocycles. The van der Waals surface area contributed by atoms with Crippen LogP contribution >= 0.6 is 0 Å². The van der Waals surface area contributed by atoms with Crippen LogP contribution in [0.1, 0.15) is 43.7 Å². The summed E-state index contributed by atoms with van der Waals surface area (Å²) in [5.41, 5.74) is 1.14. The summed E-state index contributed by atoms with van der Waals surface area (Å²) in [6, 6.07) is 3.43. The Morgan fingerprint density at radius 3 is 2.38 bits per heavy atom. The number of amides is 2. The summed E-state index contributed by atoms with van der Waals surface area (Å²) in [5.74, 6) is 0.140. The Hall–Kier alpha value is -2.11. The highest BCUT2D eigenvalue weighted by molar-refractivity contribution is 5.97. The molecule has 0 fully saturated rings. The topological polar surface area (TPSA) is 83.1 Å². The normalized spacial score (nSPS) is 10.9. The first-order valence-corrected chi connectivity index (χ1v) is 7.03. The van der Waals surface area contributed by atoms with Crippen LogP contribution in [0.2, 0.25) is 0 Å². The summed E-state index contributed by atoms with van der Waals surface area (Å²) in [5, 5.41) is 8.19. The van der Waals surface area contributed by atoms with E-state index in [1.165, 1.54) is 0 Å². The molecular weight excluding hydrogens is 268 g/mol. The van der Waals surface area contributed by atoms with Crippen LogP contribution < -0.4 is 16.0 Å². The third-order valence-electron chi connectivity index (χ3n) is 2.90. The molecule has 0 atom stereocenters. The van der Waals surface area contributed by atoms with Gasteiger partial charge in [-0.25, -0.2) is 4.98 Å². The molecule has 0 saturated heterocycles. The summed E-state index contributed by atoms with van der Waals surface area (Å²) in [4.78, 5) is 28.0. The van der Waals surface area contributed by atoms with E-state index in [4.69, 9.17) is 0 Å². The number of anilines is 1. The number of aromatic nitrogens is 1. The van der Waals surface area contributed by atoms with Gasteiger partial charge in [0.25, 0.3) is 5.91 Å². The standard InChI is InChI=1S/C15H24N4O2/c1-6-17-13(20)9-18-14(21)10-7-11(15(2,3)4)19-12(8-10)16-5/h7-8H,6,9H2,1-5H3,(H,16,19)(H,17,20)(H,18,21). The molecule has 0 aromatic carbocycles. The molecule has 1 aromatic rings. The van der Waals surface area contributed by atoms with Crippen molar-refractivity contribution in [3.8, 4) is 0 Å². The van der Waals surface area contributed by atoms with Crippen LogP contribution in [0.4, 0.5) is 5.82 Å². The first kappa shape index (κ1) is 16.9. The van der Waals surface area contributed by atoms with Crippen molar-refractivity contribution in [2.75, 3.05) is 25.5 Å². The summed E-state index contributed by atoms with van der Waals surface area (Å²) >= 11 is 0. The average molecular weight is 292 g/mol. The van der Waals surface area contributed by atoms with Crippen molar-refractivity contribution in [2.24, 2.45) is 0 Å². The number of likely N-dealkylation sites (N-methyl/N-ethyl adjacent to an activating group) is 1. The van der Waals surface area contributed by atoms with Gasteiger partial charge in [0.15, 0.2) is 0 Å². The average Bonchev–Trinajstić information content (AvgIpc) is 2.43. The second-order valence-electron chi connectivity index (χ2n) is 5.76. The third kappa shape index (κ3) is 5.06. The van der Waals surface area contributed by atoms with Crippen LogP contribution in [0.25, 0.3) is 0 Å². The van der Waals surface area contributed by atoms with Gasteiger partial charge in [0.05, 0.1) is 6.54 Å². The van der Waals surface area contributed by atoms with Gasteiger partial charge in [0.1, 0.15) is 5.82 Å². The van der Waals surface area contributed by atoms with Crippen molar-refractivity contribution in [1.29, 1.82) is 0 Å². The van der Waals surface area contributed by atoms with Crippen molar-refractivity contribution < 1.29 is 9.59 Å². The molecule has 21 heavy (non-hydrogen) atoms. The van der Waals surface area contributed by atoms with E-state index in [9.17, 15) is 9.59 Å². The number of pyridine rings is 1. The fourth-order valence-corrected chi connectivity index (χ4v) is 1.70. The van der Waals surface area contributed by atoms with E-state index >= 15 is 0 Å². The Kier molecular flexibility index (Phi) is 5.69. The lowest BCUT2D eigenvalue weighted by atomic mass is 9.90. The number of rotatable bonds is 5. The fourth-order valence-electron chi connectivity index (χ4n) is 1.70. The largest absolute Gasteiger partial charge is 0.373 e. The van der Waals surface area contributed by atoms with Gasteiger partial charge in [-0.15, -0.1) is 0 Å². The lowest BCUT2D eigenvalue weighted by Gasteiger charge is -2.19. The fraction of sp³-hybridized carbons (Fsp3) is 0.533. The minimum Gasteiger partial charge on any atom is -0.373 e. The predicted molar refractivity (Wildman–Crippen MR) is 83.5 cm³/mol. The highest BCUT2D eigenvalue weighted by atomic mass is 16.2. The molecule has 2 amide bonds. The highest BCUT2D eigenvalue weighted by Crippen LogP contribution is 2.23. The first-order valence-electron chi connectivity index (χ1n) is 7.03. The number of hydrogen-bond donors (Lipinski definition) is 3. The highest BCUT2D eigenvalue weighted by Gasteiger charge is 2.19. The van der Waals surface area contributed by atoms with E-state index in [2.05, 4.69) is 20.9 Å². The molecule has 6 nitrogen and oxygen atoms in total. The molecule has 116 valence electrons. The van der Waals surface area contributed by atoms with Crippen LogP contribution in [0.15, 0.2) is 12.1 Å². The zero-order valence-electron chi connectivity index (χ0n) is 13.3. The molecule has 1 aromatic heterocycles. The zero-order valence-corrected chi connectivity index (χ0v) is 13.3. The van der Waals surface area contributed by atoms with Crippen LogP contribution in [-0.2, 0) is 10.2 Å². The molecule has 0 saturated carbocycles. The summed E-state index contributed by atoms with van der Waals surface area (Å²) in [7, 11) is 1.76. The smallest absolute Gasteiger partial charge is 0.251 e. The van der Waals surface area contributed by atoms with Gasteiger partial charge >= 0.3 is 0 Å². The first-order chi connectivity index (χ1) is 9.77. The Morgan fingerprint density at radius 1 is 1.19 bits per heavy atom. The maximum absolute atomic E-state index is 12.2. The molecule has 0 spiro atoms. The van der Waals surface area contributed by atoms with E-state index in [1.807, 2.05) is 27.7 Å². The molecule has 0 radical (unpaired) electrons. The monoisotopic (exact) mass is 292 g/mol. The SMILES string of the molecule is CCNC(=O)CNC(=O)c1cc(NC)nc(C(C)(C)C)c1. The second kappa shape index (κ2) is 7.06.